The minimum atomic E-state index is -4.02. The second-order valence-electron chi connectivity index (χ2n) is 7.27. The Morgan fingerprint density at radius 2 is 1.75 bits per heavy atom. The molecule has 0 unspecified atom stereocenters. The summed E-state index contributed by atoms with van der Waals surface area (Å²) < 4.78 is 41.4. The first-order valence-corrected chi connectivity index (χ1v) is 11.3. The van der Waals surface area contributed by atoms with Gasteiger partial charge in [0.15, 0.2) is 0 Å². The number of hydrogen-bond acceptors (Lipinski definition) is 4. The van der Waals surface area contributed by atoms with Crippen LogP contribution in [0.5, 0.6) is 0 Å². The molecule has 3 aromatic rings. The summed E-state index contributed by atoms with van der Waals surface area (Å²) in [5.41, 5.74) is 1.61. The zero-order chi connectivity index (χ0) is 23.3. The Labute approximate surface area is 186 Å². The molecule has 0 aliphatic carbocycles. The van der Waals surface area contributed by atoms with Crippen LogP contribution in [0.25, 0.3) is 6.08 Å². The fraction of sp³-hybridized carbons (Fsp3) is 0.125. The molecule has 166 valence electrons. The summed E-state index contributed by atoms with van der Waals surface area (Å²) in [7, 11) is -4.02. The number of rotatable bonds is 7. The van der Waals surface area contributed by atoms with E-state index in [-0.39, 0.29) is 22.0 Å². The lowest BCUT2D eigenvalue weighted by atomic mass is 10.1. The van der Waals surface area contributed by atoms with Crippen LogP contribution in [0.3, 0.4) is 0 Å². The van der Waals surface area contributed by atoms with E-state index in [1.165, 1.54) is 55.5 Å². The van der Waals surface area contributed by atoms with Crippen LogP contribution in [0.2, 0.25) is 0 Å². The highest BCUT2D eigenvalue weighted by Gasteiger charge is 2.21. The minimum absolute atomic E-state index is 0.117. The molecule has 3 N–H and O–H groups in total. The Balaban J connectivity index is 1.75. The van der Waals surface area contributed by atoms with E-state index in [2.05, 4.69) is 10.0 Å². The van der Waals surface area contributed by atoms with Gasteiger partial charge in [0.05, 0.1) is 10.9 Å². The molecule has 3 rings (SSSR count). The van der Waals surface area contributed by atoms with Crippen molar-refractivity contribution in [1.29, 1.82) is 0 Å². The maximum atomic E-state index is 13.4. The molecule has 32 heavy (non-hydrogen) atoms. The lowest BCUT2D eigenvalue weighted by molar-refractivity contribution is 0.102. The van der Waals surface area contributed by atoms with Crippen molar-refractivity contribution < 1.29 is 22.7 Å². The zero-order valence-corrected chi connectivity index (χ0v) is 18.4. The molecule has 0 saturated carbocycles. The van der Waals surface area contributed by atoms with Crippen LogP contribution in [-0.4, -0.2) is 25.5 Å². The summed E-state index contributed by atoms with van der Waals surface area (Å²) in [4.78, 5) is 12.4. The van der Waals surface area contributed by atoms with Crippen LogP contribution < -0.4 is 10.0 Å². The number of hydrogen-bond donors (Lipinski definition) is 3. The number of carbonyl (C=O) groups is 1. The van der Waals surface area contributed by atoms with Crippen LogP contribution in [0.4, 0.5) is 10.1 Å². The number of benzene rings is 3. The molecular formula is C24H23FN2O4S. The summed E-state index contributed by atoms with van der Waals surface area (Å²) in [5.74, 6) is -1.07. The largest absolute Gasteiger partial charge is 0.511 e. The highest BCUT2D eigenvalue weighted by molar-refractivity contribution is 7.89. The van der Waals surface area contributed by atoms with Crippen LogP contribution >= 0.6 is 0 Å². The fourth-order valence-electron chi connectivity index (χ4n) is 2.94. The van der Waals surface area contributed by atoms with Gasteiger partial charge in [-0.3, -0.25) is 4.79 Å². The Hall–Kier alpha value is -3.49. The number of nitrogens with one attached hydrogen (secondary N) is 2. The van der Waals surface area contributed by atoms with E-state index in [0.29, 0.717) is 11.3 Å². The molecule has 1 atom stereocenters. The third-order valence-corrected chi connectivity index (χ3v) is 6.25. The molecule has 0 aliphatic rings. The summed E-state index contributed by atoms with van der Waals surface area (Å²) in [6.45, 7) is 3.09. The molecule has 0 heterocycles. The van der Waals surface area contributed by atoms with Gasteiger partial charge < -0.3 is 10.4 Å². The maximum absolute atomic E-state index is 13.4. The third-order valence-electron chi connectivity index (χ3n) is 4.71. The minimum Gasteiger partial charge on any atom is -0.511 e. The van der Waals surface area contributed by atoms with E-state index in [9.17, 15) is 22.7 Å². The predicted molar refractivity (Wildman–Crippen MR) is 122 cm³/mol. The first-order valence-electron chi connectivity index (χ1n) is 9.81. The topological polar surface area (TPSA) is 95.5 Å². The molecule has 0 spiro atoms. The van der Waals surface area contributed by atoms with Crippen molar-refractivity contribution in [3.63, 3.8) is 0 Å². The van der Waals surface area contributed by atoms with Gasteiger partial charge in [0.1, 0.15) is 11.6 Å². The highest BCUT2D eigenvalue weighted by atomic mass is 32.2. The van der Waals surface area contributed by atoms with E-state index in [1.54, 1.807) is 31.2 Å². The van der Waals surface area contributed by atoms with Crippen molar-refractivity contribution in [2.75, 3.05) is 5.32 Å². The SMILES string of the molecule is Cc1cc(NC(=O)c2cccc(S(=O)(=O)N[C@H](C)C(O)=Cc3ccccc3)c2)ccc1F. The Morgan fingerprint density at radius 1 is 1.03 bits per heavy atom. The van der Waals surface area contributed by atoms with Crippen molar-refractivity contribution in [1.82, 2.24) is 4.72 Å². The van der Waals surface area contributed by atoms with Gasteiger partial charge >= 0.3 is 0 Å². The number of halogens is 1. The van der Waals surface area contributed by atoms with Gasteiger partial charge in [-0.05, 0) is 67.4 Å². The van der Waals surface area contributed by atoms with Gasteiger partial charge in [0.25, 0.3) is 5.91 Å². The van der Waals surface area contributed by atoms with Crippen molar-refractivity contribution in [2.45, 2.75) is 24.8 Å². The number of aryl methyl sites for hydroxylation is 1. The van der Waals surface area contributed by atoms with Crippen LogP contribution in [0, 0.1) is 12.7 Å². The average Bonchev–Trinajstić information content (AvgIpc) is 2.76. The van der Waals surface area contributed by atoms with Gasteiger partial charge in [-0.15, -0.1) is 0 Å². The predicted octanol–water partition coefficient (Wildman–Crippen LogP) is 4.65. The molecule has 0 aliphatic heterocycles. The molecule has 0 saturated heterocycles. The van der Waals surface area contributed by atoms with E-state index >= 15 is 0 Å². The number of amides is 1. The summed E-state index contributed by atoms with van der Waals surface area (Å²) in [6.07, 6.45) is 1.47. The van der Waals surface area contributed by atoms with Crippen LogP contribution in [-0.2, 0) is 10.0 Å². The first kappa shape index (κ1) is 23.2. The van der Waals surface area contributed by atoms with E-state index < -0.39 is 22.0 Å². The number of carbonyl (C=O) groups excluding carboxylic acids is 1. The van der Waals surface area contributed by atoms with E-state index in [1.807, 2.05) is 6.07 Å². The van der Waals surface area contributed by atoms with Crippen molar-refractivity contribution in [3.05, 3.63) is 101 Å². The van der Waals surface area contributed by atoms with Crippen molar-refractivity contribution in [2.24, 2.45) is 0 Å². The molecule has 1 amide bonds. The number of anilines is 1. The van der Waals surface area contributed by atoms with Gasteiger partial charge in [-0.25, -0.2) is 17.5 Å². The maximum Gasteiger partial charge on any atom is 0.255 e. The Kier molecular flexibility index (Phi) is 7.07. The molecule has 0 bridgehead atoms. The lowest BCUT2D eigenvalue weighted by Crippen LogP contribution is -2.34. The quantitative estimate of drug-likeness (QED) is 0.453. The van der Waals surface area contributed by atoms with Gasteiger partial charge in [-0.2, -0.15) is 0 Å². The second kappa shape index (κ2) is 9.76. The van der Waals surface area contributed by atoms with Gasteiger partial charge in [0.2, 0.25) is 10.0 Å². The molecule has 6 nitrogen and oxygen atoms in total. The molecule has 0 fully saturated rings. The summed E-state index contributed by atoms with van der Waals surface area (Å²) in [5, 5.41) is 12.9. The fourth-order valence-corrected chi connectivity index (χ4v) is 4.20. The van der Waals surface area contributed by atoms with Crippen LogP contribution in [0.15, 0.2) is 83.5 Å². The standard InChI is InChI=1S/C24H23FN2O4S/c1-16-13-20(11-12-22(16)25)26-24(29)19-9-6-10-21(15-19)32(30,31)27-17(2)23(28)14-18-7-4-3-5-8-18/h3-15,17,27-28H,1-2H3,(H,26,29)/t17-/m1/s1. The first-order chi connectivity index (χ1) is 15.2. The Bertz CT molecular complexity index is 1260. The van der Waals surface area contributed by atoms with Gasteiger partial charge in [0, 0.05) is 11.3 Å². The van der Waals surface area contributed by atoms with E-state index in [0.717, 1.165) is 5.56 Å². The summed E-state index contributed by atoms with van der Waals surface area (Å²) in [6, 6.07) is 17.8. The smallest absolute Gasteiger partial charge is 0.255 e. The monoisotopic (exact) mass is 454 g/mol. The van der Waals surface area contributed by atoms with Gasteiger partial charge in [-0.1, -0.05) is 36.4 Å². The molecule has 8 heteroatoms. The molecular weight excluding hydrogens is 431 g/mol. The third kappa shape index (κ3) is 5.81. The molecule has 0 aromatic heterocycles. The molecule has 3 aromatic carbocycles. The zero-order valence-electron chi connectivity index (χ0n) is 17.5. The van der Waals surface area contributed by atoms with Crippen molar-refractivity contribution in [3.8, 4) is 0 Å². The molecule has 0 radical (unpaired) electrons. The summed E-state index contributed by atoms with van der Waals surface area (Å²) >= 11 is 0. The average molecular weight is 455 g/mol. The Morgan fingerprint density at radius 3 is 2.44 bits per heavy atom. The van der Waals surface area contributed by atoms with E-state index in [4.69, 9.17) is 0 Å². The van der Waals surface area contributed by atoms with Crippen LogP contribution in [0.1, 0.15) is 28.4 Å². The number of aliphatic hydroxyl groups excluding tert-OH is 1. The van der Waals surface area contributed by atoms with Crippen molar-refractivity contribution >= 4 is 27.7 Å². The highest BCUT2D eigenvalue weighted by Crippen LogP contribution is 2.18. The lowest BCUT2D eigenvalue weighted by Gasteiger charge is -2.14. The normalized spacial score (nSPS) is 12.9. The number of sulfonamides is 1. The second-order valence-corrected chi connectivity index (χ2v) is 8.98. The number of aliphatic hydroxyl groups is 1.